The van der Waals surface area contributed by atoms with E-state index >= 15 is 0 Å². The van der Waals surface area contributed by atoms with Crippen molar-refractivity contribution in [2.75, 3.05) is 6.61 Å². The highest BCUT2D eigenvalue weighted by atomic mass is 32.1. The van der Waals surface area contributed by atoms with Crippen molar-refractivity contribution < 1.29 is 23.9 Å². The number of thiophene rings is 1. The van der Waals surface area contributed by atoms with Gasteiger partial charge in [0.25, 0.3) is 5.56 Å². The lowest BCUT2D eigenvalue weighted by Crippen LogP contribution is -2.39. The van der Waals surface area contributed by atoms with E-state index in [1.807, 2.05) is 0 Å². The van der Waals surface area contributed by atoms with Crippen LogP contribution in [0.1, 0.15) is 73.1 Å². The van der Waals surface area contributed by atoms with Gasteiger partial charge in [-0.15, -0.1) is 11.3 Å². The number of carbonyl (C=O) groups excluding carboxylic acids is 3. The minimum atomic E-state index is -0.754. The van der Waals surface area contributed by atoms with E-state index in [4.69, 9.17) is 9.47 Å². The van der Waals surface area contributed by atoms with Gasteiger partial charge in [0.2, 0.25) is 0 Å². The third kappa shape index (κ3) is 4.03. The first kappa shape index (κ1) is 21.7. The van der Waals surface area contributed by atoms with Crippen LogP contribution in [0.2, 0.25) is 0 Å². The number of fused-ring (bicyclic) bond motifs is 3. The number of ketones is 1. The van der Waals surface area contributed by atoms with Crippen molar-refractivity contribution in [2.24, 2.45) is 17.8 Å². The summed E-state index contributed by atoms with van der Waals surface area (Å²) in [5, 5.41) is 0.342. The molecule has 4 rings (SSSR count). The average molecular weight is 447 g/mol. The number of nitrogens with zero attached hydrogens (tertiary/aromatic N) is 1. The zero-order valence-electron chi connectivity index (χ0n) is 17.9. The lowest BCUT2D eigenvalue weighted by Gasteiger charge is -2.36. The van der Waals surface area contributed by atoms with Crippen molar-refractivity contribution in [3.8, 4) is 0 Å². The van der Waals surface area contributed by atoms with E-state index in [0.29, 0.717) is 39.3 Å². The van der Waals surface area contributed by atoms with Gasteiger partial charge in [0, 0.05) is 11.8 Å². The van der Waals surface area contributed by atoms with Crippen LogP contribution >= 0.6 is 11.3 Å². The molecule has 8 nitrogen and oxygen atoms in total. The normalized spacial score (nSPS) is 24.1. The second-order valence-electron chi connectivity index (χ2n) is 8.38. The van der Waals surface area contributed by atoms with E-state index in [-0.39, 0.29) is 41.7 Å². The lowest BCUT2D eigenvalue weighted by molar-refractivity contribution is -0.158. The van der Waals surface area contributed by atoms with Gasteiger partial charge in [-0.2, -0.15) is 0 Å². The summed E-state index contributed by atoms with van der Waals surface area (Å²) >= 11 is 1.09. The van der Waals surface area contributed by atoms with Crippen molar-refractivity contribution in [1.82, 2.24) is 9.97 Å². The molecule has 0 amide bonds. The molecule has 2 aliphatic rings. The van der Waals surface area contributed by atoms with Crippen LogP contribution in [0.25, 0.3) is 10.2 Å². The molecule has 2 bridgehead atoms. The zero-order chi connectivity index (χ0) is 22.3. The van der Waals surface area contributed by atoms with Crippen LogP contribution < -0.4 is 5.56 Å². The van der Waals surface area contributed by atoms with Gasteiger partial charge < -0.3 is 14.5 Å². The molecule has 31 heavy (non-hydrogen) atoms. The summed E-state index contributed by atoms with van der Waals surface area (Å²) in [6.45, 7) is 5.30. The van der Waals surface area contributed by atoms with Gasteiger partial charge in [0.15, 0.2) is 11.9 Å². The standard InChI is InChI=1S/C22H26N2O6S/c1-4-29-22(28)17-10(2)15-19(26)23-18(24-20(15)31-17)11(3)30-21(27)14-8-12-6-5-7-13(9-14)16(12)25/h11-14H,4-9H2,1-3H3,(H,23,24,26). The fraction of sp³-hybridized carbons (Fsp3) is 0.591. The Bertz CT molecular complexity index is 1090. The van der Waals surface area contributed by atoms with Crippen molar-refractivity contribution in [3.63, 3.8) is 0 Å². The minimum absolute atomic E-state index is 0.0370. The predicted octanol–water partition coefficient (Wildman–Crippen LogP) is 3.47. The highest BCUT2D eigenvalue weighted by Gasteiger charge is 2.42. The number of Topliss-reactive ketones (excluding diaryl/α,β-unsaturated/α-hetero) is 1. The van der Waals surface area contributed by atoms with Crippen LogP contribution in [0, 0.1) is 24.7 Å². The molecule has 2 aromatic rings. The maximum atomic E-state index is 12.8. The molecule has 2 fully saturated rings. The summed E-state index contributed by atoms with van der Waals surface area (Å²) in [5.41, 5.74) is 0.145. The van der Waals surface area contributed by atoms with Gasteiger partial charge in [-0.05, 0) is 52.0 Å². The van der Waals surface area contributed by atoms with Gasteiger partial charge in [-0.25, -0.2) is 9.78 Å². The summed E-state index contributed by atoms with van der Waals surface area (Å²) in [6.07, 6.45) is 3.06. The molecule has 166 valence electrons. The molecule has 2 aliphatic carbocycles. The smallest absolute Gasteiger partial charge is 0.348 e. The quantitative estimate of drug-likeness (QED) is 0.699. The molecule has 9 heteroatoms. The molecule has 0 aliphatic heterocycles. The highest BCUT2D eigenvalue weighted by molar-refractivity contribution is 7.20. The highest BCUT2D eigenvalue weighted by Crippen LogP contribution is 2.41. The monoisotopic (exact) mass is 446 g/mol. The van der Waals surface area contributed by atoms with Crippen LogP contribution in [-0.2, 0) is 19.1 Å². The van der Waals surface area contributed by atoms with Crippen molar-refractivity contribution in [1.29, 1.82) is 0 Å². The number of rotatable bonds is 5. The van der Waals surface area contributed by atoms with E-state index < -0.39 is 12.1 Å². The van der Waals surface area contributed by atoms with Crippen LogP contribution in [0.5, 0.6) is 0 Å². The topological polar surface area (TPSA) is 115 Å². The average Bonchev–Trinajstić information content (AvgIpc) is 3.05. The number of hydrogen-bond acceptors (Lipinski definition) is 8. The third-order valence-electron chi connectivity index (χ3n) is 6.34. The number of nitrogens with one attached hydrogen (secondary N) is 1. The number of carbonyl (C=O) groups is 3. The Balaban J connectivity index is 1.53. The largest absolute Gasteiger partial charge is 0.462 e. The maximum Gasteiger partial charge on any atom is 0.348 e. The summed E-state index contributed by atoms with van der Waals surface area (Å²) in [6, 6.07) is 0. The second-order valence-corrected chi connectivity index (χ2v) is 9.38. The molecular weight excluding hydrogens is 420 g/mol. The van der Waals surface area contributed by atoms with Gasteiger partial charge in [-0.1, -0.05) is 6.42 Å². The van der Waals surface area contributed by atoms with Gasteiger partial charge in [0.1, 0.15) is 15.5 Å². The number of aromatic amines is 1. The van der Waals surface area contributed by atoms with Crippen LogP contribution in [0.3, 0.4) is 0 Å². The van der Waals surface area contributed by atoms with Gasteiger partial charge in [0.05, 0.1) is 17.9 Å². The van der Waals surface area contributed by atoms with Crippen LogP contribution in [-0.4, -0.2) is 34.3 Å². The number of H-pyrrole nitrogens is 1. The minimum Gasteiger partial charge on any atom is -0.462 e. The number of ether oxygens (including phenoxy) is 2. The van der Waals surface area contributed by atoms with Gasteiger partial charge >= 0.3 is 11.9 Å². The molecule has 1 N–H and O–H groups in total. The molecule has 0 aromatic carbocycles. The van der Waals surface area contributed by atoms with Crippen LogP contribution in [0.15, 0.2) is 4.79 Å². The van der Waals surface area contributed by atoms with E-state index in [9.17, 15) is 19.2 Å². The molecule has 0 spiro atoms. The number of esters is 2. The Morgan fingerprint density at radius 2 is 1.90 bits per heavy atom. The van der Waals surface area contributed by atoms with Crippen molar-refractivity contribution in [3.05, 3.63) is 26.6 Å². The Morgan fingerprint density at radius 1 is 1.23 bits per heavy atom. The van der Waals surface area contributed by atoms with Gasteiger partial charge in [-0.3, -0.25) is 14.4 Å². The molecule has 2 saturated carbocycles. The molecule has 2 heterocycles. The Kier molecular flexibility index (Phi) is 5.96. The number of hydrogen-bond donors (Lipinski definition) is 1. The second kappa shape index (κ2) is 8.53. The number of aryl methyl sites for hydroxylation is 1. The van der Waals surface area contributed by atoms with E-state index in [1.54, 1.807) is 20.8 Å². The summed E-state index contributed by atoms with van der Waals surface area (Å²) in [4.78, 5) is 57.7. The molecule has 0 saturated heterocycles. The summed E-state index contributed by atoms with van der Waals surface area (Å²) in [7, 11) is 0. The number of aromatic nitrogens is 2. The van der Waals surface area contributed by atoms with Crippen molar-refractivity contribution in [2.45, 2.75) is 59.0 Å². The fourth-order valence-electron chi connectivity index (χ4n) is 4.74. The van der Waals surface area contributed by atoms with Crippen molar-refractivity contribution >= 4 is 39.3 Å². The predicted molar refractivity (Wildman–Crippen MR) is 114 cm³/mol. The Morgan fingerprint density at radius 3 is 2.55 bits per heavy atom. The molecule has 2 aromatic heterocycles. The first-order valence-corrected chi connectivity index (χ1v) is 11.6. The molecule has 0 radical (unpaired) electrons. The molecule has 3 unspecified atom stereocenters. The van der Waals surface area contributed by atoms with E-state index in [1.165, 1.54) is 0 Å². The SMILES string of the molecule is CCOC(=O)c1sc2nc(C(C)OC(=O)C3CC4CCCC(C3)C4=O)[nH]c(=O)c2c1C. The summed E-state index contributed by atoms with van der Waals surface area (Å²) < 4.78 is 10.7. The first-order chi connectivity index (χ1) is 14.8. The van der Waals surface area contributed by atoms with E-state index in [0.717, 1.165) is 30.6 Å². The van der Waals surface area contributed by atoms with Crippen LogP contribution in [0.4, 0.5) is 0 Å². The first-order valence-electron chi connectivity index (χ1n) is 10.7. The maximum absolute atomic E-state index is 12.8. The fourth-order valence-corrected chi connectivity index (χ4v) is 5.83. The zero-order valence-corrected chi connectivity index (χ0v) is 18.7. The van der Waals surface area contributed by atoms with E-state index in [2.05, 4.69) is 9.97 Å². The third-order valence-corrected chi connectivity index (χ3v) is 7.50. The molecule has 3 atom stereocenters. The Labute approximate surface area is 183 Å². The Hall–Kier alpha value is -2.55. The summed E-state index contributed by atoms with van der Waals surface area (Å²) in [5.74, 6) is -0.685. The lowest BCUT2D eigenvalue weighted by atomic mass is 9.67. The molecular formula is C22H26N2O6S.